The molecule has 0 spiro atoms. The fourth-order valence-electron chi connectivity index (χ4n) is 3.09. The fraction of sp³-hybridized carbons (Fsp3) is 0.375. The van der Waals surface area contributed by atoms with Gasteiger partial charge in [-0.3, -0.25) is 4.99 Å². The van der Waals surface area contributed by atoms with Gasteiger partial charge < -0.3 is 9.64 Å². The molecule has 20 heavy (non-hydrogen) atoms. The standard InChI is InChI=1S/C16H17N3O/c1-2-14-18-15-11-5-3-4-6-13(11)20-10-7-12(15)16-17-8-9-19(14)16/h3-6H,2,7-10H2,1H3. The second-order valence-electron chi connectivity index (χ2n) is 5.16. The van der Waals surface area contributed by atoms with Gasteiger partial charge in [0.15, 0.2) is 0 Å². The van der Waals surface area contributed by atoms with Crippen molar-refractivity contribution in [2.24, 2.45) is 9.98 Å². The molecule has 0 radical (unpaired) electrons. The van der Waals surface area contributed by atoms with E-state index in [1.807, 2.05) is 18.2 Å². The minimum atomic E-state index is 0.694. The Kier molecular flexibility index (Phi) is 2.62. The average molecular weight is 267 g/mol. The van der Waals surface area contributed by atoms with Gasteiger partial charge in [-0.25, -0.2) is 4.99 Å². The maximum Gasteiger partial charge on any atom is 0.134 e. The number of benzene rings is 1. The van der Waals surface area contributed by atoms with Gasteiger partial charge in [0.2, 0.25) is 0 Å². The highest BCUT2D eigenvalue weighted by Crippen LogP contribution is 2.37. The molecule has 4 nitrogen and oxygen atoms in total. The van der Waals surface area contributed by atoms with Crippen LogP contribution in [0.15, 0.2) is 39.8 Å². The summed E-state index contributed by atoms with van der Waals surface area (Å²) in [6.07, 6.45) is 1.80. The summed E-state index contributed by atoms with van der Waals surface area (Å²) in [7, 11) is 0. The normalized spacial score (nSPS) is 20.4. The number of nitrogens with zero attached hydrogens (tertiary/aromatic N) is 3. The van der Waals surface area contributed by atoms with Crippen molar-refractivity contribution in [3.05, 3.63) is 35.4 Å². The molecule has 4 heteroatoms. The van der Waals surface area contributed by atoms with Crippen LogP contribution in [0, 0.1) is 0 Å². The van der Waals surface area contributed by atoms with E-state index < -0.39 is 0 Å². The summed E-state index contributed by atoms with van der Waals surface area (Å²) >= 11 is 0. The monoisotopic (exact) mass is 267 g/mol. The van der Waals surface area contributed by atoms with Crippen molar-refractivity contribution >= 4 is 17.4 Å². The molecule has 0 aromatic heterocycles. The molecule has 0 unspecified atom stereocenters. The third-order valence-corrected chi connectivity index (χ3v) is 4.02. The molecule has 0 fully saturated rings. The Balaban J connectivity index is 1.94. The Bertz CT molecular complexity index is 657. The number of rotatable bonds is 1. The number of hydrogen-bond donors (Lipinski definition) is 0. The van der Waals surface area contributed by atoms with E-state index in [2.05, 4.69) is 17.9 Å². The SMILES string of the molecule is CCC1=NC2=C(CCOc3ccccc32)C2=NCCN12. The van der Waals surface area contributed by atoms with Crippen LogP contribution in [0.3, 0.4) is 0 Å². The predicted octanol–water partition coefficient (Wildman–Crippen LogP) is 2.72. The molecule has 102 valence electrons. The van der Waals surface area contributed by atoms with Gasteiger partial charge in [-0.15, -0.1) is 0 Å². The van der Waals surface area contributed by atoms with Crippen molar-refractivity contribution in [3.63, 3.8) is 0 Å². The van der Waals surface area contributed by atoms with E-state index in [4.69, 9.17) is 14.7 Å². The van der Waals surface area contributed by atoms with E-state index in [9.17, 15) is 0 Å². The molecule has 0 saturated carbocycles. The lowest BCUT2D eigenvalue weighted by Gasteiger charge is -2.28. The van der Waals surface area contributed by atoms with Gasteiger partial charge in [0, 0.05) is 30.5 Å². The molecule has 0 aliphatic carbocycles. The van der Waals surface area contributed by atoms with Gasteiger partial charge in [0.1, 0.15) is 17.4 Å². The van der Waals surface area contributed by atoms with Crippen LogP contribution >= 0.6 is 0 Å². The number of fused-ring (bicyclic) bond motifs is 4. The van der Waals surface area contributed by atoms with Crippen LogP contribution < -0.4 is 4.74 Å². The summed E-state index contributed by atoms with van der Waals surface area (Å²) in [6, 6.07) is 8.17. The van der Waals surface area contributed by atoms with E-state index in [0.717, 1.165) is 54.6 Å². The van der Waals surface area contributed by atoms with Crippen molar-refractivity contribution in [2.45, 2.75) is 19.8 Å². The highest BCUT2D eigenvalue weighted by Gasteiger charge is 2.32. The molecule has 1 aromatic rings. The number of amidine groups is 2. The van der Waals surface area contributed by atoms with Crippen LogP contribution in [-0.2, 0) is 0 Å². The highest BCUT2D eigenvalue weighted by molar-refractivity contribution is 6.18. The first-order valence-corrected chi connectivity index (χ1v) is 7.23. The number of ether oxygens (including phenoxy) is 1. The van der Waals surface area contributed by atoms with Crippen molar-refractivity contribution in [3.8, 4) is 5.75 Å². The average Bonchev–Trinajstić information content (AvgIpc) is 2.90. The quantitative estimate of drug-likeness (QED) is 0.784. The smallest absolute Gasteiger partial charge is 0.134 e. The lowest BCUT2D eigenvalue weighted by molar-refractivity contribution is 0.325. The Hall–Kier alpha value is -2.10. The molecule has 1 aromatic carbocycles. The second kappa shape index (κ2) is 4.47. The van der Waals surface area contributed by atoms with Crippen molar-refractivity contribution in [2.75, 3.05) is 19.7 Å². The summed E-state index contributed by atoms with van der Waals surface area (Å²) in [6.45, 7) is 4.67. The summed E-state index contributed by atoms with van der Waals surface area (Å²) in [5.41, 5.74) is 3.40. The van der Waals surface area contributed by atoms with E-state index in [-0.39, 0.29) is 0 Å². The summed E-state index contributed by atoms with van der Waals surface area (Å²) < 4.78 is 5.87. The minimum Gasteiger partial charge on any atom is -0.493 e. The zero-order valence-electron chi connectivity index (χ0n) is 11.6. The first-order chi connectivity index (χ1) is 9.88. The number of para-hydroxylation sites is 1. The molecule has 0 amide bonds. The minimum absolute atomic E-state index is 0.694. The zero-order chi connectivity index (χ0) is 13.5. The van der Waals surface area contributed by atoms with Crippen LogP contribution in [0.5, 0.6) is 5.75 Å². The lowest BCUT2D eigenvalue weighted by Crippen LogP contribution is -2.37. The van der Waals surface area contributed by atoms with Gasteiger partial charge in [0.05, 0.1) is 18.8 Å². The molecule has 0 saturated heterocycles. The van der Waals surface area contributed by atoms with Gasteiger partial charge in [0.25, 0.3) is 0 Å². The van der Waals surface area contributed by atoms with E-state index in [1.54, 1.807) is 0 Å². The molecular formula is C16H17N3O. The third-order valence-electron chi connectivity index (χ3n) is 4.02. The zero-order valence-corrected chi connectivity index (χ0v) is 11.6. The fourth-order valence-corrected chi connectivity index (χ4v) is 3.09. The molecule has 4 rings (SSSR count). The van der Waals surface area contributed by atoms with Gasteiger partial charge in [-0.2, -0.15) is 0 Å². The number of hydrogen-bond acceptors (Lipinski definition) is 4. The largest absolute Gasteiger partial charge is 0.493 e. The topological polar surface area (TPSA) is 37.2 Å². The third kappa shape index (κ3) is 1.60. The van der Waals surface area contributed by atoms with Crippen molar-refractivity contribution in [1.82, 2.24) is 4.90 Å². The molecule has 3 heterocycles. The van der Waals surface area contributed by atoms with Gasteiger partial charge in [-0.05, 0) is 12.1 Å². The van der Waals surface area contributed by atoms with Crippen LogP contribution in [-0.4, -0.2) is 36.3 Å². The lowest BCUT2D eigenvalue weighted by atomic mass is 10.0. The first-order valence-electron chi connectivity index (χ1n) is 7.23. The Labute approximate surface area is 118 Å². The predicted molar refractivity (Wildman–Crippen MR) is 80.2 cm³/mol. The van der Waals surface area contributed by atoms with Crippen LogP contribution in [0.1, 0.15) is 25.3 Å². The molecule has 0 atom stereocenters. The molecule has 0 bridgehead atoms. The summed E-state index contributed by atoms with van der Waals surface area (Å²) in [4.78, 5) is 11.9. The molecule has 3 aliphatic heterocycles. The number of aliphatic imine (C=N–C) groups is 2. The maximum absolute atomic E-state index is 5.87. The Morgan fingerprint density at radius 3 is 3.10 bits per heavy atom. The molecular weight excluding hydrogens is 250 g/mol. The first kappa shape index (κ1) is 11.7. The summed E-state index contributed by atoms with van der Waals surface area (Å²) in [5, 5.41) is 0. The van der Waals surface area contributed by atoms with Gasteiger partial charge in [-0.1, -0.05) is 19.1 Å². The van der Waals surface area contributed by atoms with Gasteiger partial charge >= 0.3 is 0 Å². The highest BCUT2D eigenvalue weighted by atomic mass is 16.5. The summed E-state index contributed by atoms with van der Waals surface area (Å²) in [5.74, 6) is 3.17. The van der Waals surface area contributed by atoms with Crippen LogP contribution in [0.2, 0.25) is 0 Å². The van der Waals surface area contributed by atoms with Crippen molar-refractivity contribution in [1.29, 1.82) is 0 Å². The Morgan fingerprint density at radius 1 is 1.30 bits per heavy atom. The Morgan fingerprint density at radius 2 is 2.20 bits per heavy atom. The molecule has 3 aliphatic rings. The molecule has 0 N–H and O–H groups in total. The van der Waals surface area contributed by atoms with Crippen molar-refractivity contribution < 1.29 is 4.74 Å². The maximum atomic E-state index is 5.87. The van der Waals surface area contributed by atoms with E-state index in [1.165, 1.54) is 5.57 Å². The van der Waals surface area contributed by atoms with E-state index in [0.29, 0.717) is 6.61 Å². The van der Waals surface area contributed by atoms with Crippen LogP contribution in [0.25, 0.3) is 5.70 Å². The van der Waals surface area contributed by atoms with E-state index >= 15 is 0 Å². The second-order valence-corrected chi connectivity index (χ2v) is 5.16. The van der Waals surface area contributed by atoms with Crippen LogP contribution in [0.4, 0.5) is 0 Å².